The largest absolute Gasteiger partial charge is 0.463 e. The molecule has 0 amide bonds. The molecule has 0 spiro atoms. The van der Waals surface area contributed by atoms with E-state index in [0.717, 1.165) is 36.2 Å². The van der Waals surface area contributed by atoms with Gasteiger partial charge in [-0.2, -0.15) is 0 Å². The number of benzene rings is 1. The minimum absolute atomic E-state index is 0.312. The Morgan fingerprint density at radius 1 is 1.36 bits per heavy atom. The number of nitrogens with one attached hydrogen (secondary N) is 2. The number of thiocarbonyl (C=S) groups is 1. The molecule has 8 heteroatoms. The van der Waals surface area contributed by atoms with E-state index in [2.05, 4.69) is 27.9 Å². The number of rotatable bonds is 7. The van der Waals surface area contributed by atoms with Gasteiger partial charge in [0, 0.05) is 5.70 Å². The van der Waals surface area contributed by atoms with Crippen molar-refractivity contribution in [2.24, 2.45) is 0 Å². The Morgan fingerprint density at radius 3 is 2.93 bits per heavy atom. The van der Waals surface area contributed by atoms with Crippen molar-refractivity contribution in [3.05, 3.63) is 53.0 Å². The standard InChI is InChI=1S/C20H25N5O2S/c1-4-6-9-15-12-25(24-23-15)16-10-7-8-14(11-16)18-17(19(26)27-5-2)13(3)21-20(28)22-18/h7-8,10-12,18H,4-6,9H2,1-3H3,(H2,21,22,28). The molecule has 1 aromatic carbocycles. The summed E-state index contributed by atoms with van der Waals surface area (Å²) < 4.78 is 7.01. The van der Waals surface area contributed by atoms with Crippen molar-refractivity contribution in [2.75, 3.05) is 6.61 Å². The zero-order valence-electron chi connectivity index (χ0n) is 16.4. The molecule has 0 saturated heterocycles. The fraction of sp³-hybridized carbons (Fsp3) is 0.400. The van der Waals surface area contributed by atoms with Crippen LogP contribution in [0.3, 0.4) is 0 Å². The molecule has 0 radical (unpaired) electrons. The first-order valence-electron chi connectivity index (χ1n) is 9.50. The van der Waals surface area contributed by atoms with Crippen LogP contribution in [0.15, 0.2) is 41.7 Å². The SMILES string of the molecule is CCCCc1cn(-c2cccc(C3NC(=S)NC(C)=C3C(=O)OCC)c2)nn1. The van der Waals surface area contributed by atoms with Gasteiger partial charge in [0.2, 0.25) is 0 Å². The molecule has 1 unspecified atom stereocenters. The normalized spacial score (nSPS) is 16.5. The van der Waals surface area contributed by atoms with E-state index >= 15 is 0 Å². The number of allylic oxidation sites excluding steroid dienone is 1. The zero-order chi connectivity index (χ0) is 20.1. The minimum Gasteiger partial charge on any atom is -0.463 e. The zero-order valence-corrected chi connectivity index (χ0v) is 17.2. The average Bonchev–Trinajstić information content (AvgIpc) is 3.15. The lowest BCUT2D eigenvalue weighted by atomic mass is 9.95. The van der Waals surface area contributed by atoms with Gasteiger partial charge in [-0.15, -0.1) is 5.10 Å². The molecule has 3 rings (SSSR count). The van der Waals surface area contributed by atoms with Crippen LogP contribution in [0.5, 0.6) is 0 Å². The van der Waals surface area contributed by atoms with E-state index in [1.165, 1.54) is 0 Å². The molecular formula is C20H25N5O2S. The number of carbonyl (C=O) groups excluding carboxylic acids is 1. The number of unbranched alkanes of at least 4 members (excludes halogenated alkanes) is 1. The van der Waals surface area contributed by atoms with Gasteiger partial charge in [0.25, 0.3) is 0 Å². The van der Waals surface area contributed by atoms with E-state index in [0.29, 0.717) is 23.0 Å². The van der Waals surface area contributed by atoms with Crippen molar-refractivity contribution < 1.29 is 9.53 Å². The Labute approximate surface area is 170 Å². The second-order valence-corrected chi connectivity index (χ2v) is 7.05. The van der Waals surface area contributed by atoms with Gasteiger partial charge in [-0.1, -0.05) is 30.7 Å². The van der Waals surface area contributed by atoms with Crippen LogP contribution in [-0.4, -0.2) is 32.7 Å². The van der Waals surface area contributed by atoms with Crippen LogP contribution in [0.1, 0.15) is 50.9 Å². The minimum atomic E-state index is -0.393. The Bertz CT molecular complexity index is 906. The van der Waals surface area contributed by atoms with Crippen LogP contribution in [-0.2, 0) is 16.0 Å². The van der Waals surface area contributed by atoms with E-state index in [1.54, 1.807) is 11.6 Å². The number of aromatic nitrogens is 3. The fourth-order valence-electron chi connectivity index (χ4n) is 3.17. The summed E-state index contributed by atoms with van der Waals surface area (Å²) in [4.78, 5) is 12.5. The molecule has 1 aliphatic rings. The molecule has 2 N–H and O–H groups in total. The highest BCUT2D eigenvalue weighted by Crippen LogP contribution is 2.28. The molecule has 2 aromatic rings. The Kier molecular flexibility index (Phi) is 6.41. The molecule has 0 aliphatic carbocycles. The Morgan fingerprint density at radius 2 is 2.18 bits per heavy atom. The maximum absolute atomic E-state index is 12.5. The predicted octanol–water partition coefficient (Wildman–Crippen LogP) is 2.97. The van der Waals surface area contributed by atoms with E-state index in [1.807, 2.05) is 37.4 Å². The highest BCUT2D eigenvalue weighted by molar-refractivity contribution is 7.80. The third kappa shape index (κ3) is 4.39. The van der Waals surface area contributed by atoms with Gasteiger partial charge >= 0.3 is 5.97 Å². The molecule has 2 heterocycles. The van der Waals surface area contributed by atoms with Crippen LogP contribution in [0.25, 0.3) is 5.69 Å². The van der Waals surface area contributed by atoms with Gasteiger partial charge in [-0.3, -0.25) is 0 Å². The van der Waals surface area contributed by atoms with Crippen LogP contribution in [0, 0.1) is 0 Å². The number of aryl methyl sites for hydroxylation is 1. The second kappa shape index (κ2) is 8.97. The van der Waals surface area contributed by atoms with E-state index < -0.39 is 6.04 Å². The van der Waals surface area contributed by atoms with Crippen LogP contribution >= 0.6 is 12.2 Å². The van der Waals surface area contributed by atoms with E-state index in [4.69, 9.17) is 17.0 Å². The summed E-state index contributed by atoms with van der Waals surface area (Å²) in [5.41, 5.74) is 3.96. The first kappa shape index (κ1) is 20.0. The Balaban J connectivity index is 1.93. The maximum atomic E-state index is 12.5. The van der Waals surface area contributed by atoms with Gasteiger partial charge < -0.3 is 15.4 Å². The molecule has 1 aliphatic heterocycles. The van der Waals surface area contributed by atoms with Crippen molar-refractivity contribution in [1.82, 2.24) is 25.6 Å². The maximum Gasteiger partial charge on any atom is 0.338 e. The third-order valence-electron chi connectivity index (χ3n) is 4.56. The second-order valence-electron chi connectivity index (χ2n) is 6.64. The fourth-order valence-corrected chi connectivity index (χ4v) is 3.44. The first-order valence-corrected chi connectivity index (χ1v) is 9.91. The summed E-state index contributed by atoms with van der Waals surface area (Å²) in [5, 5.41) is 15.2. The molecule has 0 saturated carbocycles. The van der Waals surface area contributed by atoms with E-state index in [-0.39, 0.29) is 5.97 Å². The predicted molar refractivity (Wildman–Crippen MR) is 111 cm³/mol. The number of nitrogens with zero attached hydrogens (tertiary/aromatic N) is 3. The highest BCUT2D eigenvalue weighted by Gasteiger charge is 2.31. The van der Waals surface area contributed by atoms with Gasteiger partial charge in [-0.25, -0.2) is 9.48 Å². The van der Waals surface area contributed by atoms with Crippen molar-refractivity contribution in [2.45, 2.75) is 46.1 Å². The number of hydrogen-bond donors (Lipinski definition) is 2. The summed E-state index contributed by atoms with van der Waals surface area (Å²) in [6.45, 7) is 6.08. The van der Waals surface area contributed by atoms with E-state index in [9.17, 15) is 4.79 Å². The Hall–Kier alpha value is -2.74. The van der Waals surface area contributed by atoms with Crippen molar-refractivity contribution in [1.29, 1.82) is 0 Å². The molecule has 28 heavy (non-hydrogen) atoms. The lowest BCUT2D eigenvalue weighted by Gasteiger charge is -2.30. The molecular weight excluding hydrogens is 374 g/mol. The smallest absolute Gasteiger partial charge is 0.338 e. The summed E-state index contributed by atoms with van der Waals surface area (Å²) in [6.07, 6.45) is 5.06. The number of carbonyl (C=O) groups is 1. The summed E-state index contributed by atoms with van der Waals surface area (Å²) >= 11 is 5.30. The molecule has 0 fully saturated rings. The average molecular weight is 400 g/mol. The van der Waals surface area contributed by atoms with Gasteiger partial charge in [0.1, 0.15) is 0 Å². The van der Waals surface area contributed by atoms with Crippen LogP contribution in [0.2, 0.25) is 0 Å². The highest BCUT2D eigenvalue weighted by atomic mass is 32.1. The van der Waals surface area contributed by atoms with Crippen molar-refractivity contribution in [3.8, 4) is 5.69 Å². The molecule has 0 bridgehead atoms. The van der Waals surface area contributed by atoms with Crippen LogP contribution < -0.4 is 10.6 Å². The molecule has 148 valence electrons. The number of esters is 1. The number of hydrogen-bond acceptors (Lipinski definition) is 5. The summed E-state index contributed by atoms with van der Waals surface area (Å²) in [5.74, 6) is -0.361. The van der Waals surface area contributed by atoms with Gasteiger partial charge in [0.15, 0.2) is 5.11 Å². The molecule has 1 aromatic heterocycles. The lowest BCUT2D eigenvalue weighted by molar-refractivity contribution is -0.139. The number of ether oxygens (including phenoxy) is 1. The monoisotopic (exact) mass is 399 g/mol. The third-order valence-corrected chi connectivity index (χ3v) is 4.78. The topological polar surface area (TPSA) is 81.1 Å². The molecule has 1 atom stereocenters. The van der Waals surface area contributed by atoms with Crippen molar-refractivity contribution in [3.63, 3.8) is 0 Å². The first-order chi connectivity index (χ1) is 13.5. The summed E-state index contributed by atoms with van der Waals surface area (Å²) in [6, 6.07) is 7.44. The lowest BCUT2D eigenvalue weighted by Crippen LogP contribution is -2.45. The summed E-state index contributed by atoms with van der Waals surface area (Å²) in [7, 11) is 0. The quantitative estimate of drug-likeness (QED) is 0.547. The molecule has 7 nitrogen and oxygen atoms in total. The van der Waals surface area contributed by atoms with Gasteiger partial charge in [-0.05, 0) is 56.6 Å². The van der Waals surface area contributed by atoms with Gasteiger partial charge in [0.05, 0.1) is 35.8 Å². The van der Waals surface area contributed by atoms with Crippen molar-refractivity contribution >= 4 is 23.3 Å². The van der Waals surface area contributed by atoms with Crippen LogP contribution in [0.4, 0.5) is 0 Å².